The van der Waals surface area contributed by atoms with Gasteiger partial charge in [0.05, 0.1) is 36.8 Å². The second kappa shape index (κ2) is 6.86. The van der Waals surface area contributed by atoms with Gasteiger partial charge in [-0.2, -0.15) is 0 Å². The fraction of sp³-hybridized carbons (Fsp3) is 0.522. The molecular formula is C23H25N3O7. The van der Waals surface area contributed by atoms with Gasteiger partial charge in [0.2, 0.25) is 11.6 Å². The molecule has 6 atom stereocenters. The average Bonchev–Trinajstić information content (AvgIpc) is 3.12. The SMILES string of the molecule is CN1[C@H]2[C@@H]1CN1C3=C(C(=O)C4(OCCO4)C(Cc4ccccc4)C3=O)[C@H](COC(N)=O)[C@@]21O. The minimum absolute atomic E-state index is 0.0467. The molecule has 1 aromatic rings. The molecule has 1 spiro atoms. The van der Waals surface area contributed by atoms with Crippen molar-refractivity contribution >= 4 is 17.7 Å². The number of allylic oxidation sites excluding steroid dienone is 1. The maximum atomic E-state index is 14.0. The monoisotopic (exact) mass is 455 g/mol. The highest BCUT2D eigenvalue weighted by molar-refractivity contribution is 6.17. The molecule has 5 aliphatic rings. The van der Waals surface area contributed by atoms with Crippen molar-refractivity contribution in [2.45, 2.75) is 30.0 Å². The number of rotatable bonds is 4. The Labute approximate surface area is 189 Å². The molecule has 2 unspecified atom stereocenters. The van der Waals surface area contributed by atoms with E-state index in [0.29, 0.717) is 6.54 Å². The van der Waals surface area contributed by atoms with Crippen molar-refractivity contribution in [3.63, 3.8) is 0 Å². The van der Waals surface area contributed by atoms with E-state index in [9.17, 15) is 19.5 Å². The lowest BCUT2D eigenvalue weighted by atomic mass is 9.73. The van der Waals surface area contributed by atoms with E-state index >= 15 is 0 Å². The molecule has 33 heavy (non-hydrogen) atoms. The highest BCUT2D eigenvalue weighted by Gasteiger charge is 2.76. The van der Waals surface area contributed by atoms with Crippen LogP contribution in [0, 0.1) is 11.8 Å². The van der Waals surface area contributed by atoms with Gasteiger partial charge < -0.3 is 30.0 Å². The molecular weight excluding hydrogens is 430 g/mol. The molecule has 3 saturated heterocycles. The summed E-state index contributed by atoms with van der Waals surface area (Å²) < 4.78 is 16.8. The Bertz CT molecular complexity index is 1080. The van der Waals surface area contributed by atoms with Gasteiger partial charge in [0.25, 0.3) is 0 Å². The molecule has 0 aromatic heterocycles. The Morgan fingerprint density at radius 1 is 1.21 bits per heavy atom. The van der Waals surface area contributed by atoms with Gasteiger partial charge in [-0.15, -0.1) is 0 Å². The standard InChI is InChI=1S/C23H25N3O7/c1-25-15-10-26-17-16(14(11-31-21(24)29)22(26,30)19(15)25)20(28)23(32-7-8-33-23)13(18(17)27)9-12-5-3-2-4-6-12/h2-6,13-15,19,30H,7-11H2,1H3,(H2,24,29)/t13?,14-,15-,19-,22+,25?/m0/s1. The quantitative estimate of drug-likeness (QED) is 0.572. The van der Waals surface area contributed by atoms with E-state index in [2.05, 4.69) is 0 Å². The Hall–Kier alpha value is -2.79. The van der Waals surface area contributed by atoms with Gasteiger partial charge in [0.15, 0.2) is 11.5 Å². The molecule has 3 fully saturated rings. The minimum Gasteiger partial charge on any atom is -0.449 e. The van der Waals surface area contributed by atoms with Crippen LogP contribution in [0.1, 0.15) is 5.56 Å². The zero-order valence-corrected chi connectivity index (χ0v) is 18.1. The smallest absolute Gasteiger partial charge is 0.404 e. The summed E-state index contributed by atoms with van der Waals surface area (Å²) >= 11 is 0. The summed E-state index contributed by atoms with van der Waals surface area (Å²) in [4.78, 5) is 43.1. The molecule has 0 bridgehead atoms. The number of hydrogen-bond donors (Lipinski definition) is 2. The number of aliphatic hydroxyl groups is 1. The van der Waals surface area contributed by atoms with Crippen molar-refractivity contribution in [1.82, 2.24) is 9.80 Å². The van der Waals surface area contributed by atoms with Gasteiger partial charge >= 0.3 is 6.09 Å². The number of hydrogen-bond acceptors (Lipinski definition) is 9. The van der Waals surface area contributed by atoms with Crippen molar-refractivity contribution in [3.05, 3.63) is 47.2 Å². The van der Waals surface area contributed by atoms with Gasteiger partial charge in [-0.3, -0.25) is 14.5 Å². The molecule has 0 saturated carbocycles. The van der Waals surface area contributed by atoms with E-state index < -0.39 is 35.2 Å². The van der Waals surface area contributed by atoms with Crippen molar-refractivity contribution in [1.29, 1.82) is 0 Å². The number of carbonyl (C=O) groups is 3. The molecule has 1 aliphatic carbocycles. The molecule has 0 radical (unpaired) electrons. The van der Waals surface area contributed by atoms with Crippen LogP contribution in [0.5, 0.6) is 0 Å². The van der Waals surface area contributed by atoms with Crippen molar-refractivity contribution in [3.8, 4) is 0 Å². The van der Waals surface area contributed by atoms with Crippen LogP contribution in [0.15, 0.2) is 41.6 Å². The lowest BCUT2D eigenvalue weighted by molar-refractivity contribution is -0.200. The summed E-state index contributed by atoms with van der Waals surface area (Å²) in [6.07, 6.45) is -0.763. The third kappa shape index (κ3) is 2.60. The lowest BCUT2D eigenvalue weighted by Gasteiger charge is -2.39. The van der Waals surface area contributed by atoms with Crippen LogP contribution in [0.3, 0.4) is 0 Å². The van der Waals surface area contributed by atoms with Crippen molar-refractivity contribution in [2.24, 2.45) is 17.6 Å². The molecule has 10 heteroatoms. The predicted octanol–water partition coefficient (Wildman–Crippen LogP) is -0.594. The summed E-state index contributed by atoms with van der Waals surface area (Å²) in [5.74, 6) is -4.40. The van der Waals surface area contributed by atoms with Crippen LogP contribution in [-0.4, -0.2) is 89.6 Å². The number of nitrogens with zero attached hydrogens (tertiary/aromatic N) is 2. The number of piperazine rings is 1. The fourth-order valence-corrected chi connectivity index (χ4v) is 6.32. The van der Waals surface area contributed by atoms with Crippen LogP contribution in [0.4, 0.5) is 4.79 Å². The van der Waals surface area contributed by atoms with Gasteiger partial charge in [0, 0.05) is 18.2 Å². The van der Waals surface area contributed by atoms with Crippen molar-refractivity contribution < 1.29 is 33.7 Å². The number of carbonyl (C=O) groups excluding carboxylic acids is 3. The van der Waals surface area contributed by atoms with Crippen LogP contribution < -0.4 is 5.73 Å². The molecule has 174 valence electrons. The zero-order chi connectivity index (χ0) is 23.1. The van der Waals surface area contributed by atoms with Crippen LogP contribution in [-0.2, 0) is 30.2 Å². The number of benzene rings is 1. The van der Waals surface area contributed by atoms with Crippen LogP contribution in [0.2, 0.25) is 0 Å². The Kier molecular flexibility index (Phi) is 4.32. The number of amides is 1. The molecule has 6 rings (SSSR count). The number of ketones is 2. The predicted molar refractivity (Wildman–Crippen MR) is 111 cm³/mol. The Balaban J connectivity index is 1.47. The second-order valence-electron chi connectivity index (χ2n) is 9.32. The summed E-state index contributed by atoms with van der Waals surface area (Å²) in [5.41, 5.74) is 4.79. The largest absolute Gasteiger partial charge is 0.449 e. The number of Topliss-reactive ketones (excluding diaryl/α,β-unsaturated/α-hetero) is 2. The normalized spacial score (nSPS) is 37.9. The highest BCUT2D eigenvalue weighted by atomic mass is 16.7. The van der Waals surface area contributed by atoms with Crippen molar-refractivity contribution in [2.75, 3.05) is 33.4 Å². The lowest BCUT2D eigenvalue weighted by Crippen LogP contribution is -2.56. The first-order valence-corrected chi connectivity index (χ1v) is 11.1. The molecule has 1 aromatic carbocycles. The summed E-state index contributed by atoms with van der Waals surface area (Å²) in [5, 5.41) is 11.9. The van der Waals surface area contributed by atoms with Gasteiger partial charge in [-0.05, 0) is 19.0 Å². The fourth-order valence-electron chi connectivity index (χ4n) is 6.32. The maximum absolute atomic E-state index is 14.0. The number of nitrogens with two attached hydrogens (primary N) is 1. The molecule has 10 nitrogen and oxygen atoms in total. The zero-order valence-electron chi connectivity index (χ0n) is 18.1. The minimum atomic E-state index is -1.76. The van der Waals surface area contributed by atoms with E-state index in [-0.39, 0.29) is 55.4 Å². The third-order valence-corrected chi connectivity index (χ3v) is 7.82. The van der Waals surface area contributed by atoms with Gasteiger partial charge in [0.1, 0.15) is 6.61 Å². The first-order chi connectivity index (χ1) is 15.8. The van der Waals surface area contributed by atoms with Crippen LogP contribution in [0.25, 0.3) is 0 Å². The van der Waals surface area contributed by atoms with E-state index in [0.717, 1.165) is 5.56 Å². The van der Waals surface area contributed by atoms with Crippen LogP contribution >= 0.6 is 0 Å². The van der Waals surface area contributed by atoms with Gasteiger partial charge in [-0.1, -0.05) is 30.3 Å². The number of fused-ring (bicyclic) bond motifs is 4. The Morgan fingerprint density at radius 2 is 1.91 bits per heavy atom. The number of primary amides is 1. The second-order valence-corrected chi connectivity index (χ2v) is 9.32. The topological polar surface area (TPSA) is 131 Å². The van der Waals surface area contributed by atoms with Gasteiger partial charge in [-0.25, -0.2) is 4.79 Å². The maximum Gasteiger partial charge on any atom is 0.404 e. The first kappa shape index (κ1) is 20.8. The number of likely N-dealkylation sites (N-methyl/N-ethyl adjacent to an activating group) is 1. The summed E-state index contributed by atoms with van der Waals surface area (Å²) in [6, 6.07) is 9.15. The van der Waals surface area contributed by atoms with E-state index in [1.807, 2.05) is 42.3 Å². The third-order valence-electron chi connectivity index (χ3n) is 7.82. The molecule has 4 heterocycles. The van der Waals surface area contributed by atoms with E-state index in [1.54, 1.807) is 4.90 Å². The summed E-state index contributed by atoms with van der Waals surface area (Å²) in [7, 11) is 1.88. The average molecular weight is 455 g/mol. The molecule has 4 aliphatic heterocycles. The van der Waals surface area contributed by atoms with E-state index in [4.69, 9.17) is 19.9 Å². The first-order valence-electron chi connectivity index (χ1n) is 11.1. The number of ether oxygens (including phenoxy) is 3. The molecule has 1 amide bonds. The highest BCUT2D eigenvalue weighted by Crippen LogP contribution is 2.59. The Morgan fingerprint density at radius 3 is 2.58 bits per heavy atom. The molecule has 3 N–H and O–H groups in total. The summed E-state index contributed by atoms with van der Waals surface area (Å²) in [6.45, 7) is 0.430. The van der Waals surface area contributed by atoms with E-state index in [1.165, 1.54) is 0 Å².